The van der Waals surface area contributed by atoms with Crippen LogP contribution < -0.4 is 9.47 Å². The van der Waals surface area contributed by atoms with Gasteiger partial charge in [-0.3, -0.25) is 0 Å². The number of hydrogen-bond acceptors (Lipinski definition) is 2. The first-order valence-electron chi connectivity index (χ1n) is 7.49. The molecule has 0 aliphatic rings. The van der Waals surface area contributed by atoms with Gasteiger partial charge in [-0.1, -0.05) is 24.3 Å². The van der Waals surface area contributed by atoms with Gasteiger partial charge in [0.1, 0.15) is 0 Å². The van der Waals surface area contributed by atoms with Crippen molar-refractivity contribution >= 4 is 32.3 Å². The van der Waals surface area contributed by atoms with Crippen LogP contribution in [-0.4, -0.2) is 14.2 Å². The van der Waals surface area contributed by atoms with Crippen LogP contribution in [0.15, 0.2) is 48.5 Å². The molecule has 4 heteroatoms. The van der Waals surface area contributed by atoms with Crippen LogP contribution in [0.25, 0.3) is 32.3 Å². The summed E-state index contributed by atoms with van der Waals surface area (Å²) in [5.74, 6) is -0.579. The average molecular weight is 324 g/mol. The summed E-state index contributed by atoms with van der Waals surface area (Å²) in [7, 11) is 3.12. The molecule has 0 N–H and O–H groups in total. The number of rotatable bonds is 2. The van der Waals surface area contributed by atoms with Crippen molar-refractivity contribution < 1.29 is 18.3 Å². The van der Waals surface area contributed by atoms with Gasteiger partial charge in [-0.2, -0.15) is 0 Å². The second kappa shape index (κ2) is 5.34. The van der Waals surface area contributed by atoms with Crippen molar-refractivity contribution in [3.63, 3.8) is 0 Å². The van der Waals surface area contributed by atoms with E-state index in [1.807, 2.05) is 30.3 Å². The lowest BCUT2D eigenvalue weighted by atomic mass is 9.94. The van der Waals surface area contributed by atoms with Gasteiger partial charge in [-0.15, -0.1) is 0 Å². The van der Waals surface area contributed by atoms with Gasteiger partial charge in [0.2, 0.25) is 0 Å². The molecule has 4 aromatic rings. The molecule has 0 saturated carbocycles. The van der Waals surface area contributed by atoms with Crippen molar-refractivity contribution in [1.29, 1.82) is 0 Å². The predicted octanol–water partition coefficient (Wildman–Crippen LogP) is 5.44. The number of benzene rings is 4. The first-order valence-corrected chi connectivity index (χ1v) is 7.49. The van der Waals surface area contributed by atoms with Gasteiger partial charge >= 0.3 is 0 Å². The van der Waals surface area contributed by atoms with E-state index in [-0.39, 0.29) is 0 Å². The first kappa shape index (κ1) is 14.7. The fraction of sp³-hybridized carbons (Fsp3) is 0.100. The summed E-state index contributed by atoms with van der Waals surface area (Å²) in [6, 6.07) is 13.8. The second-order valence-corrected chi connectivity index (χ2v) is 5.61. The van der Waals surface area contributed by atoms with Gasteiger partial charge in [-0.05, 0) is 56.6 Å². The van der Waals surface area contributed by atoms with Crippen LogP contribution in [0.4, 0.5) is 8.78 Å². The highest BCUT2D eigenvalue weighted by Crippen LogP contribution is 2.41. The van der Waals surface area contributed by atoms with Crippen molar-refractivity contribution in [1.82, 2.24) is 0 Å². The standard InChI is InChI=1S/C20H14F2O2/c1-23-19-9-15-12-6-4-3-5-11(12)13-7-17(21)18(22)8-14(13)16(15)10-20(19)24-2/h3-10H,1-2H3. The minimum atomic E-state index is -0.867. The van der Waals surface area contributed by atoms with Crippen LogP contribution in [0.1, 0.15) is 0 Å². The van der Waals surface area contributed by atoms with E-state index in [2.05, 4.69) is 0 Å². The summed E-state index contributed by atoms with van der Waals surface area (Å²) in [6.07, 6.45) is 0. The fourth-order valence-electron chi connectivity index (χ4n) is 3.27. The minimum absolute atomic E-state index is 0.548. The van der Waals surface area contributed by atoms with Gasteiger partial charge < -0.3 is 9.47 Å². The maximum Gasteiger partial charge on any atom is 0.161 e. The van der Waals surface area contributed by atoms with Crippen LogP contribution >= 0.6 is 0 Å². The molecule has 120 valence electrons. The molecule has 0 amide bonds. The van der Waals surface area contributed by atoms with Crippen LogP contribution in [0.2, 0.25) is 0 Å². The molecule has 0 saturated heterocycles. The second-order valence-electron chi connectivity index (χ2n) is 5.61. The third-order valence-corrected chi connectivity index (χ3v) is 4.38. The molecule has 0 aromatic heterocycles. The number of ether oxygens (including phenoxy) is 2. The van der Waals surface area contributed by atoms with Gasteiger partial charge in [-0.25, -0.2) is 8.78 Å². The third kappa shape index (κ3) is 1.99. The summed E-state index contributed by atoms with van der Waals surface area (Å²) in [6.45, 7) is 0. The van der Waals surface area contributed by atoms with Crippen molar-refractivity contribution in [3.05, 3.63) is 60.2 Å². The smallest absolute Gasteiger partial charge is 0.161 e. The fourth-order valence-corrected chi connectivity index (χ4v) is 3.27. The van der Waals surface area contributed by atoms with Crippen LogP contribution in [0.5, 0.6) is 11.5 Å². The van der Waals surface area contributed by atoms with Gasteiger partial charge in [0.15, 0.2) is 23.1 Å². The van der Waals surface area contributed by atoms with E-state index in [0.717, 1.165) is 21.5 Å². The van der Waals surface area contributed by atoms with E-state index >= 15 is 0 Å². The minimum Gasteiger partial charge on any atom is -0.493 e. The number of hydrogen-bond donors (Lipinski definition) is 0. The van der Waals surface area contributed by atoms with E-state index in [1.165, 1.54) is 12.1 Å². The van der Waals surface area contributed by atoms with Crippen molar-refractivity contribution in [3.8, 4) is 11.5 Å². The molecule has 0 fully saturated rings. The Kier molecular flexibility index (Phi) is 3.27. The number of halogens is 2. The molecule has 0 bridgehead atoms. The highest BCUT2D eigenvalue weighted by Gasteiger charge is 2.15. The zero-order valence-electron chi connectivity index (χ0n) is 13.2. The maximum atomic E-state index is 13.9. The zero-order valence-corrected chi connectivity index (χ0v) is 13.2. The average Bonchev–Trinajstić information content (AvgIpc) is 2.62. The lowest BCUT2D eigenvalue weighted by Gasteiger charge is -2.14. The Hall–Kier alpha value is -2.88. The molecule has 24 heavy (non-hydrogen) atoms. The van der Waals surface area contributed by atoms with Crippen molar-refractivity contribution in [2.75, 3.05) is 14.2 Å². The first-order chi connectivity index (χ1) is 11.6. The third-order valence-electron chi connectivity index (χ3n) is 4.38. The lowest BCUT2D eigenvalue weighted by molar-refractivity contribution is 0.356. The molecule has 4 aromatic carbocycles. The quantitative estimate of drug-likeness (QED) is 0.457. The molecule has 0 aliphatic heterocycles. The summed E-state index contributed by atoms with van der Waals surface area (Å²) in [5.41, 5.74) is 0. The van der Waals surface area contributed by atoms with E-state index in [1.54, 1.807) is 20.3 Å². The summed E-state index contributed by atoms with van der Waals surface area (Å²) < 4.78 is 38.5. The predicted molar refractivity (Wildman–Crippen MR) is 92.0 cm³/mol. The molecule has 0 aliphatic carbocycles. The molecule has 0 unspecified atom stereocenters. The Morgan fingerprint density at radius 3 is 1.42 bits per heavy atom. The van der Waals surface area contributed by atoms with Crippen LogP contribution in [-0.2, 0) is 0 Å². The van der Waals surface area contributed by atoms with E-state index in [9.17, 15) is 8.78 Å². The Bertz CT molecular complexity index is 1100. The Morgan fingerprint density at radius 2 is 0.958 bits per heavy atom. The molecule has 0 spiro atoms. The highest BCUT2D eigenvalue weighted by atomic mass is 19.2. The van der Waals surface area contributed by atoms with Crippen molar-refractivity contribution in [2.24, 2.45) is 0 Å². The number of methoxy groups -OCH3 is 2. The van der Waals surface area contributed by atoms with E-state index in [0.29, 0.717) is 22.3 Å². The lowest BCUT2D eigenvalue weighted by Crippen LogP contribution is -1.93. The van der Waals surface area contributed by atoms with E-state index in [4.69, 9.17) is 9.47 Å². The summed E-state index contributed by atoms with van der Waals surface area (Å²) >= 11 is 0. The molecule has 2 nitrogen and oxygen atoms in total. The summed E-state index contributed by atoms with van der Waals surface area (Å²) in [4.78, 5) is 0. The monoisotopic (exact) mass is 324 g/mol. The molecule has 0 atom stereocenters. The van der Waals surface area contributed by atoms with E-state index < -0.39 is 11.6 Å². The molecule has 0 radical (unpaired) electrons. The van der Waals surface area contributed by atoms with Crippen LogP contribution in [0, 0.1) is 11.6 Å². The molecular formula is C20H14F2O2. The Morgan fingerprint density at radius 1 is 0.583 bits per heavy atom. The van der Waals surface area contributed by atoms with Gasteiger partial charge in [0.25, 0.3) is 0 Å². The van der Waals surface area contributed by atoms with Gasteiger partial charge in [0, 0.05) is 0 Å². The van der Waals surface area contributed by atoms with Gasteiger partial charge in [0.05, 0.1) is 14.2 Å². The molecular weight excluding hydrogens is 310 g/mol. The normalized spacial score (nSPS) is 11.3. The topological polar surface area (TPSA) is 18.5 Å². The largest absolute Gasteiger partial charge is 0.493 e. The zero-order chi connectivity index (χ0) is 16.8. The Balaban J connectivity index is 2.32. The molecule has 4 rings (SSSR count). The van der Waals surface area contributed by atoms with Crippen molar-refractivity contribution in [2.45, 2.75) is 0 Å². The summed E-state index contributed by atoms with van der Waals surface area (Å²) in [5, 5.41) is 4.83. The molecule has 0 heterocycles. The maximum absolute atomic E-state index is 13.9. The SMILES string of the molecule is COc1cc2c3ccccc3c3cc(F)c(F)cc3c2cc1OC. The highest BCUT2D eigenvalue weighted by molar-refractivity contribution is 6.25. The number of fused-ring (bicyclic) bond motifs is 6. The Labute approximate surface area is 137 Å². The van der Waals surface area contributed by atoms with Crippen LogP contribution in [0.3, 0.4) is 0 Å².